The van der Waals surface area contributed by atoms with Gasteiger partial charge in [-0.3, -0.25) is 9.52 Å². The molecule has 5 rings (SSSR count). The number of anilines is 2. The van der Waals surface area contributed by atoms with E-state index in [9.17, 15) is 13.2 Å². The summed E-state index contributed by atoms with van der Waals surface area (Å²) in [6.45, 7) is 7.88. The Morgan fingerprint density at radius 3 is 2.53 bits per heavy atom. The number of benzene rings is 2. The van der Waals surface area contributed by atoms with Crippen molar-refractivity contribution in [2.75, 3.05) is 29.7 Å². The van der Waals surface area contributed by atoms with E-state index in [1.165, 1.54) is 0 Å². The van der Waals surface area contributed by atoms with Crippen LogP contribution in [0.1, 0.15) is 49.0 Å². The summed E-state index contributed by atoms with van der Waals surface area (Å²) in [4.78, 5) is 13.9. The van der Waals surface area contributed by atoms with Gasteiger partial charge in [-0.1, -0.05) is 6.07 Å². The molecular formula is C26H33N3O4S. The van der Waals surface area contributed by atoms with Crippen LogP contribution in [0.25, 0.3) is 0 Å². The number of fused-ring (bicyclic) bond motifs is 3. The number of hydrogen-bond acceptors (Lipinski definition) is 5. The highest BCUT2D eigenvalue weighted by Gasteiger charge is 2.44. The maximum Gasteiger partial charge on any atom is 0.261 e. The van der Waals surface area contributed by atoms with Gasteiger partial charge in [0.15, 0.2) is 0 Å². The van der Waals surface area contributed by atoms with Crippen molar-refractivity contribution < 1.29 is 17.9 Å². The zero-order valence-electron chi connectivity index (χ0n) is 20.0. The van der Waals surface area contributed by atoms with Gasteiger partial charge in [-0.05, 0) is 80.5 Å². The first-order chi connectivity index (χ1) is 16.2. The molecule has 0 aliphatic carbocycles. The third-order valence-corrected chi connectivity index (χ3v) is 9.19. The number of piperidine rings is 1. The largest absolute Gasteiger partial charge is 0.381 e. The van der Waals surface area contributed by atoms with E-state index >= 15 is 0 Å². The van der Waals surface area contributed by atoms with E-state index < -0.39 is 10.0 Å². The van der Waals surface area contributed by atoms with Gasteiger partial charge in [-0.2, -0.15) is 0 Å². The maximum atomic E-state index is 13.2. The van der Waals surface area contributed by atoms with E-state index in [0.717, 1.165) is 54.7 Å². The van der Waals surface area contributed by atoms with Crippen molar-refractivity contribution >= 4 is 27.3 Å². The molecule has 2 aromatic carbocycles. The van der Waals surface area contributed by atoms with Gasteiger partial charge in [-0.15, -0.1) is 0 Å². The second-order valence-electron chi connectivity index (χ2n) is 9.91. The van der Waals surface area contributed by atoms with Crippen molar-refractivity contribution in [2.45, 2.75) is 57.1 Å². The first kappa shape index (κ1) is 23.2. The molecule has 0 saturated carbocycles. The molecule has 34 heavy (non-hydrogen) atoms. The van der Waals surface area contributed by atoms with Crippen molar-refractivity contribution in [3.8, 4) is 0 Å². The SMILES string of the molecule is CC(=O)N1CCC([C@@H]2Nc3ccc(S(=O)(=O)Nc4ccc(C)c(C)c4)cc3[C@H]3OCC[C@H]32)CC1. The quantitative estimate of drug-likeness (QED) is 0.679. The normalized spacial score (nSPS) is 24.8. The highest BCUT2D eigenvalue weighted by atomic mass is 32.2. The molecule has 2 aromatic rings. The molecule has 3 heterocycles. The monoisotopic (exact) mass is 483 g/mol. The Balaban J connectivity index is 1.38. The Hall–Kier alpha value is -2.58. The molecule has 0 aromatic heterocycles. The second-order valence-corrected chi connectivity index (χ2v) is 11.6. The Kier molecular flexibility index (Phi) is 6.06. The third kappa shape index (κ3) is 4.29. The molecule has 2 fully saturated rings. The molecule has 7 nitrogen and oxygen atoms in total. The fraction of sp³-hybridized carbons (Fsp3) is 0.500. The lowest BCUT2D eigenvalue weighted by Gasteiger charge is -2.43. The van der Waals surface area contributed by atoms with E-state index in [0.29, 0.717) is 24.1 Å². The van der Waals surface area contributed by atoms with Crippen molar-refractivity contribution in [2.24, 2.45) is 11.8 Å². The molecule has 8 heteroatoms. The summed E-state index contributed by atoms with van der Waals surface area (Å²) in [7, 11) is -3.72. The molecule has 2 saturated heterocycles. The minimum atomic E-state index is -3.72. The number of aryl methyl sites for hydroxylation is 2. The average molecular weight is 484 g/mol. The lowest BCUT2D eigenvalue weighted by atomic mass is 9.75. The summed E-state index contributed by atoms with van der Waals surface area (Å²) < 4.78 is 35.2. The molecule has 0 spiro atoms. The molecule has 3 aliphatic heterocycles. The van der Waals surface area contributed by atoms with Gasteiger partial charge in [0.2, 0.25) is 5.91 Å². The summed E-state index contributed by atoms with van der Waals surface area (Å²) in [5.74, 6) is 0.908. The van der Waals surface area contributed by atoms with Crippen LogP contribution in [0.3, 0.4) is 0 Å². The first-order valence-electron chi connectivity index (χ1n) is 12.1. The number of amides is 1. The average Bonchev–Trinajstić information content (AvgIpc) is 3.31. The standard InChI is InChI=1S/C26H33N3O4S/c1-16-4-5-20(14-17(16)2)28-34(31,32)21-6-7-24-23(15-21)26-22(10-13-33-26)25(27-24)19-8-11-29(12-9-19)18(3)30/h4-7,14-15,19,22,25-28H,8-13H2,1-3H3/t22-,25-,26-/m0/s1. The number of carbonyl (C=O) groups excluding carboxylic acids is 1. The second kappa shape index (κ2) is 8.89. The zero-order chi connectivity index (χ0) is 24.0. The van der Waals surface area contributed by atoms with Crippen LogP contribution in [-0.2, 0) is 19.6 Å². The van der Waals surface area contributed by atoms with Gasteiger partial charge in [-0.25, -0.2) is 8.42 Å². The van der Waals surface area contributed by atoms with Crippen LogP contribution in [0.4, 0.5) is 11.4 Å². The van der Waals surface area contributed by atoms with E-state index in [1.54, 1.807) is 25.1 Å². The number of ether oxygens (including phenoxy) is 1. The minimum absolute atomic E-state index is 0.108. The number of carbonyl (C=O) groups is 1. The van der Waals surface area contributed by atoms with E-state index in [2.05, 4.69) is 10.0 Å². The summed E-state index contributed by atoms with van der Waals surface area (Å²) in [6.07, 6.45) is 2.79. The van der Waals surface area contributed by atoms with Crippen LogP contribution < -0.4 is 10.0 Å². The molecule has 182 valence electrons. The van der Waals surface area contributed by atoms with Crippen LogP contribution in [-0.4, -0.2) is 45.0 Å². The molecule has 0 bridgehead atoms. The van der Waals surface area contributed by atoms with Crippen molar-refractivity contribution in [1.29, 1.82) is 0 Å². The molecular weight excluding hydrogens is 450 g/mol. The number of rotatable bonds is 4. The third-order valence-electron chi connectivity index (χ3n) is 7.81. The van der Waals surface area contributed by atoms with Crippen LogP contribution in [0.15, 0.2) is 41.3 Å². The summed E-state index contributed by atoms with van der Waals surface area (Å²) in [5, 5.41) is 3.73. The zero-order valence-corrected chi connectivity index (χ0v) is 20.8. The van der Waals surface area contributed by atoms with E-state index in [1.807, 2.05) is 36.9 Å². The van der Waals surface area contributed by atoms with Gasteiger partial charge < -0.3 is 15.0 Å². The fourth-order valence-electron chi connectivity index (χ4n) is 5.72. The van der Waals surface area contributed by atoms with E-state index in [4.69, 9.17) is 4.74 Å². The van der Waals surface area contributed by atoms with Crippen LogP contribution in [0.2, 0.25) is 0 Å². The number of sulfonamides is 1. The Morgan fingerprint density at radius 2 is 1.82 bits per heavy atom. The predicted octanol–water partition coefficient (Wildman–Crippen LogP) is 4.23. The van der Waals surface area contributed by atoms with Crippen molar-refractivity contribution in [3.05, 3.63) is 53.1 Å². The predicted molar refractivity (Wildman–Crippen MR) is 132 cm³/mol. The van der Waals surface area contributed by atoms with Crippen LogP contribution in [0, 0.1) is 25.7 Å². The Morgan fingerprint density at radius 1 is 1.06 bits per heavy atom. The minimum Gasteiger partial charge on any atom is -0.381 e. The van der Waals surface area contributed by atoms with Crippen LogP contribution >= 0.6 is 0 Å². The molecule has 0 radical (unpaired) electrons. The maximum absolute atomic E-state index is 13.2. The van der Waals surface area contributed by atoms with Gasteiger partial charge in [0.25, 0.3) is 10.0 Å². The number of likely N-dealkylation sites (tertiary alicyclic amines) is 1. The number of hydrogen-bond donors (Lipinski definition) is 2. The molecule has 3 aliphatic rings. The highest BCUT2D eigenvalue weighted by molar-refractivity contribution is 7.92. The number of nitrogens with one attached hydrogen (secondary N) is 2. The van der Waals surface area contributed by atoms with Gasteiger partial charge in [0, 0.05) is 55.5 Å². The first-order valence-corrected chi connectivity index (χ1v) is 13.6. The highest BCUT2D eigenvalue weighted by Crippen LogP contribution is 2.48. The lowest BCUT2D eigenvalue weighted by Crippen LogP contribution is -2.47. The Bertz CT molecular complexity index is 1200. The fourth-order valence-corrected chi connectivity index (χ4v) is 6.80. The van der Waals surface area contributed by atoms with Crippen molar-refractivity contribution in [1.82, 2.24) is 4.90 Å². The summed E-state index contributed by atoms with van der Waals surface area (Å²) >= 11 is 0. The summed E-state index contributed by atoms with van der Waals surface area (Å²) in [6, 6.07) is 11.1. The van der Waals surface area contributed by atoms with Crippen molar-refractivity contribution in [3.63, 3.8) is 0 Å². The topological polar surface area (TPSA) is 87.7 Å². The molecule has 3 atom stereocenters. The van der Waals surface area contributed by atoms with Gasteiger partial charge in [0.05, 0.1) is 11.0 Å². The van der Waals surface area contributed by atoms with Crippen LogP contribution in [0.5, 0.6) is 0 Å². The summed E-state index contributed by atoms with van der Waals surface area (Å²) in [5.41, 5.74) is 4.59. The van der Waals surface area contributed by atoms with Gasteiger partial charge in [0.1, 0.15) is 0 Å². The van der Waals surface area contributed by atoms with E-state index in [-0.39, 0.29) is 22.9 Å². The molecule has 1 amide bonds. The smallest absolute Gasteiger partial charge is 0.261 e. The number of nitrogens with zero attached hydrogens (tertiary/aromatic N) is 1. The Labute approximate surface area is 201 Å². The molecule has 0 unspecified atom stereocenters. The molecule has 2 N–H and O–H groups in total. The lowest BCUT2D eigenvalue weighted by molar-refractivity contribution is -0.130. The van der Waals surface area contributed by atoms with Gasteiger partial charge >= 0.3 is 0 Å².